The first kappa shape index (κ1) is 13.8. The number of nitrogens with zero attached hydrogens (tertiary/aromatic N) is 3. The lowest BCUT2D eigenvalue weighted by molar-refractivity contribution is 0.352. The van der Waals surface area contributed by atoms with Gasteiger partial charge in [-0.1, -0.05) is 20.8 Å². The average Bonchev–Trinajstić information content (AvgIpc) is 2.76. The minimum atomic E-state index is 0.0751. The molecule has 4 nitrogen and oxygen atoms in total. The lowest BCUT2D eigenvalue weighted by Crippen LogP contribution is -2.47. The van der Waals surface area contributed by atoms with Gasteiger partial charge in [0.25, 0.3) is 0 Å². The predicted molar refractivity (Wildman–Crippen MR) is 82.1 cm³/mol. The molecule has 110 valence electrons. The Morgan fingerprint density at radius 3 is 2.45 bits per heavy atom. The Morgan fingerprint density at radius 1 is 1.20 bits per heavy atom. The summed E-state index contributed by atoms with van der Waals surface area (Å²) in [6, 6.07) is 4.01. The first-order valence-corrected chi connectivity index (χ1v) is 7.76. The van der Waals surface area contributed by atoms with E-state index in [2.05, 4.69) is 43.0 Å². The van der Waals surface area contributed by atoms with E-state index in [1.807, 2.05) is 12.3 Å². The molecule has 2 unspecified atom stereocenters. The van der Waals surface area contributed by atoms with Crippen molar-refractivity contribution in [3.63, 3.8) is 0 Å². The van der Waals surface area contributed by atoms with Gasteiger partial charge in [-0.3, -0.25) is 0 Å². The smallest absolute Gasteiger partial charge is 0.225 e. The highest BCUT2D eigenvalue weighted by atomic mass is 15.3. The van der Waals surface area contributed by atoms with Gasteiger partial charge in [0.2, 0.25) is 5.95 Å². The maximum Gasteiger partial charge on any atom is 0.225 e. The van der Waals surface area contributed by atoms with Gasteiger partial charge in [0.05, 0.1) is 5.69 Å². The molecule has 3 heterocycles. The Hall–Kier alpha value is -1.16. The molecule has 2 bridgehead atoms. The molecule has 0 spiro atoms. The third-order valence-electron chi connectivity index (χ3n) is 4.72. The van der Waals surface area contributed by atoms with E-state index in [0.717, 1.165) is 11.6 Å². The highest BCUT2D eigenvalue weighted by molar-refractivity contribution is 5.33. The van der Waals surface area contributed by atoms with Crippen molar-refractivity contribution >= 4 is 5.95 Å². The van der Waals surface area contributed by atoms with Crippen LogP contribution in [-0.4, -0.2) is 35.1 Å². The number of aromatic nitrogens is 2. The molecule has 0 radical (unpaired) electrons. The predicted octanol–water partition coefficient (Wildman–Crippen LogP) is 2.49. The molecule has 1 N–H and O–H groups in total. The first-order valence-electron chi connectivity index (χ1n) is 7.76. The van der Waals surface area contributed by atoms with Crippen LogP contribution in [0.25, 0.3) is 0 Å². The number of hydrogen-bond donors (Lipinski definition) is 1. The van der Waals surface area contributed by atoms with E-state index in [4.69, 9.17) is 4.98 Å². The van der Waals surface area contributed by atoms with Crippen LogP contribution in [0.5, 0.6) is 0 Å². The van der Waals surface area contributed by atoms with E-state index in [9.17, 15) is 0 Å². The van der Waals surface area contributed by atoms with Crippen LogP contribution in [0.15, 0.2) is 12.3 Å². The maximum absolute atomic E-state index is 4.78. The molecule has 1 aromatic heterocycles. The Labute approximate surface area is 122 Å². The Balaban J connectivity index is 1.78. The van der Waals surface area contributed by atoms with E-state index in [1.165, 1.54) is 25.7 Å². The Bertz CT molecular complexity index is 468. The van der Waals surface area contributed by atoms with Crippen molar-refractivity contribution in [3.05, 3.63) is 18.0 Å². The second-order valence-corrected chi connectivity index (χ2v) is 7.37. The highest BCUT2D eigenvalue weighted by Crippen LogP contribution is 2.31. The van der Waals surface area contributed by atoms with Gasteiger partial charge in [-0.25, -0.2) is 9.97 Å². The fourth-order valence-corrected chi connectivity index (χ4v) is 3.44. The molecule has 2 atom stereocenters. The largest absolute Gasteiger partial charge is 0.341 e. The molecule has 2 saturated heterocycles. The normalized spacial score (nSPS) is 29.5. The standard InChI is InChI=1S/C16H26N4/c1-16(2,3)14-7-8-17-15(19-14)20(4)13-9-11-5-6-12(10-13)18-11/h7-8,11-13,18H,5-6,9-10H2,1-4H3. The van der Waals surface area contributed by atoms with Gasteiger partial charge < -0.3 is 10.2 Å². The van der Waals surface area contributed by atoms with Crippen molar-refractivity contribution in [3.8, 4) is 0 Å². The van der Waals surface area contributed by atoms with E-state index < -0.39 is 0 Å². The van der Waals surface area contributed by atoms with Gasteiger partial charge in [0.1, 0.15) is 0 Å². The number of rotatable bonds is 2. The summed E-state index contributed by atoms with van der Waals surface area (Å²) >= 11 is 0. The number of nitrogens with one attached hydrogen (secondary N) is 1. The van der Waals surface area contributed by atoms with E-state index in [1.54, 1.807) is 0 Å². The fourth-order valence-electron chi connectivity index (χ4n) is 3.44. The SMILES string of the molecule is CN(c1nccc(C(C)(C)C)n1)C1CC2CCC(C1)N2. The zero-order chi connectivity index (χ0) is 14.3. The molecule has 0 saturated carbocycles. The molecule has 0 aliphatic carbocycles. The monoisotopic (exact) mass is 274 g/mol. The van der Waals surface area contributed by atoms with Crippen molar-refractivity contribution in [2.24, 2.45) is 0 Å². The average molecular weight is 274 g/mol. The van der Waals surface area contributed by atoms with Gasteiger partial charge in [0.15, 0.2) is 0 Å². The summed E-state index contributed by atoms with van der Waals surface area (Å²) in [5.74, 6) is 0.878. The lowest BCUT2D eigenvalue weighted by Gasteiger charge is -2.35. The van der Waals surface area contributed by atoms with E-state index in [0.29, 0.717) is 18.1 Å². The van der Waals surface area contributed by atoms with Gasteiger partial charge in [0, 0.05) is 36.8 Å². The molecule has 1 aromatic rings. The number of piperidine rings is 1. The minimum absolute atomic E-state index is 0.0751. The molecule has 2 aliphatic heterocycles. The summed E-state index contributed by atoms with van der Waals surface area (Å²) < 4.78 is 0. The van der Waals surface area contributed by atoms with Crippen molar-refractivity contribution in [2.45, 2.75) is 70.0 Å². The van der Waals surface area contributed by atoms with Gasteiger partial charge in [-0.05, 0) is 31.7 Å². The van der Waals surface area contributed by atoms with Crippen molar-refractivity contribution in [1.82, 2.24) is 15.3 Å². The van der Waals surface area contributed by atoms with E-state index >= 15 is 0 Å². The molecular formula is C16H26N4. The number of hydrogen-bond acceptors (Lipinski definition) is 4. The third kappa shape index (κ3) is 2.66. The maximum atomic E-state index is 4.78. The molecular weight excluding hydrogens is 248 g/mol. The van der Waals surface area contributed by atoms with Crippen LogP contribution in [0.2, 0.25) is 0 Å². The van der Waals surface area contributed by atoms with Crippen LogP contribution in [-0.2, 0) is 5.41 Å². The van der Waals surface area contributed by atoms with Crippen LogP contribution < -0.4 is 10.2 Å². The van der Waals surface area contributed by atoms with Crippen molar-refractivity contribution in [1.29, 1.82) is 0 Å². The zero-order valence-electron chi connectivity index (χ0n) is 13.1. The summed E-state index contributed by atoms with van der Waals surface area (Å²) in [5.41, 5.74) is 1.19. The van der Waals surface area contributed by atoms with Gasteiger partial charge >= 0.3 is 0 Å². The summed E-state index contributed by atoms with van der Waals surface area (Å²) in [4.78, 5) is 11.6. The molecule has 20 heavy (non-hydrogen) atoms. The van der Waals surface area contributed by atoms with Crippen LogP contribution in [0.3, 0.4) is 0 Å². The third-order valence-corrected chi connectivity index (χ3v) is 4.72. The molecule has 3 rings (SSSR count). The molecule has 2 aliphatic rings. The van der Waals surface area contributed by atoms with Gasteiger partial charge in [-0.2, -0.15) is 0 Å². The van der Waals surface area contributed by atoms with Crippen LogP contribution >= 0.6 is 0 Å². The lowest BCUT2D eigenvalue weighted by atomic mass is 9.92. The Morgan fingerprint density at radius 2 is 1.85 bits per heavy atom. The molecule has 2 fully saturated rings. The molecule has 0 amide bonds. The Kier molecular flexibility index (Phi) is 3.44. The van der Waals surface area contributed by atoms with Crippen molar-refractivity contribution in [2.75, 3.05) is 11.9 Å². The van der Waals surface area contributed by atoms with Crippen LogP contribution in [0.4, 0.5) is 5.95 Å². The zero-order valence-corrected chi connectivity index (χ0v) is 13.1. The van der Waals surface area contributed by atoms with Crippen LogP contribution in [0.1, 0.15) is 52.1 Å². The molecule has 4 heteroatoms. The number of anilines is 1. The second-order valence-electron chi connectivity index (χ2n) is 7.37. The second kappa shape index (κ2) is 4.99. The first-order chi connectivity index (χ1) is 9.43. The highest BCUT2D eigenvalue weighted by Gasteiger charge is 2.35. The summed E-state index contributed by atoms with van der Waals surface area (Å²) in [5, 5.41) is 3.69. The topological polar surface area (TPSA) is 41.1 Å². The summed E-state index contributed by atoms with van der Waals surface area (Å²) in [6.07, 6.45) is 7.00. The molecule has 0 aromatic carbocycles. The number of fused-ring (bicyclic) bond motifs is 2. The van der Waals surface area contributed by atoms with Crippen molar-refractivity contribution < 1.29 is 0 Å². The minimum Gasteiger partial charge on any atom is -0.341 e. The quantitative estimate of drug-likeness (QED) is 0.899. The fraction of sp³-hybridized carbons (Fsp3) is 0.750. The summed E-state index contributed by atoms with van der Waals surface area (Å²) in [7, 11) is 2.15. The van der Waals surface area contributed by atoms with Crippen LogP contribution in [0, 0.1) is 0 Å². The van der Waals surface area contributed by atoms with E-state index in [-0.39, 0.29) is 5.41 Å². The summed E-state index contributed by atoms with van der Waals surface area (Å²) in [6.45, 7) is 6.59. The van der Waals surface area contributed by atoms with Gasteiger partial charge in [-0.15, -0.1) is 0 Å².